The second-order valence-corrected chi connectivity index (χ2v) is 7.65. The maximum Gasteiger partial charge on any atom is 0.251 e. The van der Waals surface area contributed by atoms with Crippen LogP contribution in [0.4, 0.5) is 5.69 Å². The van der Waals surface area contributed by atoms with E-state index in [2.05, 4.69) is 10.6 Å². The molecule has 168 valence electrons. The first-order chi connectivity index (χ1) is 15.4. The Morgan fingerprint density at radius 3 is 2.47 bits per heavy atom. The number of fused-ring (bicyclic) bond motifs is 1. The number of nitrogens with one attached hydrogen (secondary N) is 2. The molecule has 0 atom stereocenters. The first-order valence-corrected chi connectivity index (χ1v) is 10.9. The third-order valence-corrected chi connectivity index (χ3v) is 5.50. The van der Waals surface area contributed by atoms with Gasteiger partial charge in [0, 0.05) is 54.4 Å². The molecule has 7 heteroatoms. The minimum Gasteiger partial charge on any atom is -0.352 e. The van der Waals surface area contributed by atoms with Crippen LogP contribution in [0.2, 0.25) is 0 Å². The molecule has 0 bridgehead atoms. The van der Waals surface area contributed by atoms with E-state index in [-0.39, 0.29) is 37.2 Å². The number of aryl methyl sites for hydroxylation is 1. The van der Waals surface area contributed by atoms with Crippen molar-refractivity contribution in [1.29, 1.82) is 0 Å². The van der Waals surface area contributed by atoms with Gasteiger partial charge >= 0.3 is 0 Å². The van der Waals surface area contributed by atoms with Gasteiger partial charge in [-0.25, -0.2) is 0 Å². The van der Waals surface area contributed by atoms with Gasteiger partial charge in [0.05, 0.1) is 0 Å². The maximum absolute atomic E-state index is 12.4. The number of aromatic nitrogens is 1. The molecular formula is C25H30N4O3. The summed E-state index contributed by atoms with van der Waals surface area (Å²) in [4.78, 5) is 38.8. The number of likely N-dealkylation sites (N-methyl/N-ethyl adjacent to an activating group) is 1. The van der Waals surface area contributed by atoms with E-state index in [0.717, 1.165) is 16.5 Å². The molecule has 2 N–H and O–H groups in total. The predicted molar refractivity (Wildman–Crippen MR) is 127 cm³/mol. The van der Waals surface area contributed by atoms with E-state index in [9.17, 15) is 14.4 Å². The Hall–Kier alpha value is -3.61. The molecule has 3 amide bonds. The molecule has 0 saturated heterocycles. The summed E-state index contributed by atoms with van der Waals surface area (Å²) in [5.74, 6) is -0.277. The van der Waals surface area contributed by atoms with Crippen LogP contribution in [0.15, 0.2) is 54.7 Å². The molecule has 0 aliphatic heterocycles. The zero-order valence-electron chi connectivity index (χ0n) is 18.9. The SMILES string of the molecule is CCN(CC)C(=O)Cn1ccc2cc(NC(=O)CCNC(=O)c3ccccc3C)ccc21. The lowest BCUT2D eigenvalue weighted by atomic mass is 10.1. The van der Waals surface area contributed by atoms with E-state index < -0.39 is 0 Å². The van der Waals surface area contributed by atoms with Crippen LogP contribution < -0.4 is 10.6 Å². The van der Waals surface area contributed by atoms with Crippen LogP contribution in [0, 0.1) is 6.92 Å². The Bertz CT molecular complexity index is 1120. The van der Waals surface area contributed by atoms with Gasteiger partial charge < -0.3 is 20.1 Å². The number of hydrogen-bond acceptors (Lipinski definition) is 3. The van der Waals surface area contributed by atoms with Crippen LogP contribution in [0.1, 0.15) is 36.2 Å². The van der Waals surface area contributed by atoms with Gasteiger partial charge in [-0.3, -0.25) is 14.4 Å². The van der Waals surface area contributed by atoms with Crippen molar-refractivity contribution < 1.29 is 14.4 Å². The standard InChI is InChI=1S/C25H30N4O3/c1-4-28(5-2)24(31)17-29-15-13-19-16-20(10-11-22(19)29)27-23(30)12-14-26-25(32)21-9-7-6-8-18(21)3/h6-11,13,15-16H,4-5,12,14,17H2,1-3H3,(H,26,32)(H,27,30). The van der Waals surface area contributed by atoms with Gasteiger partial charge in [-0.2, -0.15) is 0 Å². The zero-order valence-corrected chi connectivity index (χ0v) is 18.9. The fourth-order valence-electron chi connectivity index (χ4n) is 3.67. The fourth-order valence-corrected chi connectivity index (χ4v) is 3.67. The van der Waals surface area contributed by atoms with Crippen molar-refractivity contribution in [2.24, 2.45) is 0 Å². The van der Waals surface area contributed by atoms with Crippen LogP contribution in [0.5, 0.6) is 0 Å². The number of rotatable bonds is 9. The minimum absolute atomic E-state index is 0.0811. The van der Waals surface area contributed by atoms with Gasteiger partial charge in [0.25, 0.3) is 5.91 Å². The summed E-state index contributed by atoms with van der Waals surface area (Å²) in [6.07, 6.45) is 2.06. The number of nitrogens with zero attached hydrogens (tertiary/aromatic N) is 2. The van der Waals surface area contributed by atoms with E-state index in [1.165, 1.54) is 0 Å². The summed E-state index contributed by atoms with van der Waals surface area (Å²) in [6.45, 7) is 7.75. The number of benzene rings is 2. The molecule has 0 saturated carbocycles. The lowest BCUT2D eigenvalue weighted by molar-refractivity contribution is -0.131. The van der Waals surface area contributed by atoms with Crippen LogP contribution in [-0.2, 0) is 16.1 Å². The van der Waals surface area contributed by atoms with Gasteiger partial charge in [0.1, 0.15) is 6.54 Å². The lowest BCUT2D eigenvalue weighted by Crippen LogP contribution is -2.33. The monoisotopic (exact) mass is 434 g/mol. The zero-order chi connectivity index (χ0) is 23.1. The van der Waals surface area contributed by atoms with Crippen molar-refractivity contribution in [2.75, 3.05) is 25.0 Å². The van der Waals surface area contributed by atoms with Gasteiger partial charge in [0.15, 0.2) is 0 Å². The quantitative estimate of drug-likeness (QED) is 0.540. The Morgan fingerprint density at radius 2 is 1.75 bits per heavy atom. The highest BCUT2D eigenvalue weighted by Gasteiger charge is 2.13. The summed E-state index contributed by atoms with van der Waals surface area (Å²) >= 11 is 0. The number of hydrogen-bond donors (Lipinski definition) is 2. The van der Waals surface area contributed by atoms with Crippen LogP contribution >= 0.6 is 0 Å². The average Bonchev–Trinajstić information content (AvgIpc) is 3.16. The molecule has 0 aliphatic rings. The highest BCUT2D eigenvalue weighted by molar-refractivity contribution is 5.97. The summed E-state index contributed by atoms with van der Waals surface area (Å²) in [5.41, 5.74) is 3.13. The first-order valence-electron chi connectivity index (χ1n) is 10.9. The third kappa shape index (κ3) is 5.55. The number of amides is 3. The smallest absolute Gasteiger partial charge is 0.251 e. The van der Waals surface area contributed by atoms with E-state index >= 15 is 0 Å². The molecular weight excluding hydrogens is 404 g/mol. The van der Waals surface area contributed by atoms with Gasteiger partial charge in [-0.1, -0.05) is 18.2 Å². The molecule has 3 aromatic rings. The summed E-state index contributed by atoms with van der Waals surface area (Å²) < 4.78 is 1.92. The van der Waals surface area contributed by atoms with Crippen LogP contribution in [-0.4, -0.2) is 46.8 Å². The molecule has 0 spiro atoms. The van der Waals surface area contributed by atoms with Crippen LogP contribution in [0.3, 0.4) is 0 Å². The number of anilines is 1. The van der Waals surface area contributed by atoms with E-state index in [1.54, 1.807) is 11.0 Å². The molecule has 0 unspecified atom stereocenters. The molecule has 7 nitrogen and oxygen atoms in total. The molecule has 0 aliphatic carbocycles. The maximum atomic E-state index is 12.4. The second-order valence-electron chi connectivity index (χ2n) is 7.65. The number of carbonyl (C=O) groups excluding carboxylic acids is 3. The van der Waals surface area contributed by atoms with Crippen molar-refractivity contribution in [2.45, 2.75) is 33.7 Å². The fraction of sp³-hybridized carbons (Fsp3) is 0.320. The Labute approximate surface area is 188 Å². The van der Waals surface area contributed by atoms with Gasteiger partial charge in [-0.05, 0) is 56.7 Å². The minimum atomic E-state index is -0.182. The molecule has 1 aromatic heterocycles. The largest absolute Gasteiger partial charge is 0.352 e. The highest BCUT2D eigenvalue weighted by Crippen LogP contribution is 2.21. The summed E-state index contributed by atoms with van der Waals surface area (Å²) in [5, 5.41) is 6.61. The first kappa shape index (κ1) is 23.1. The second kappa shape index (κ2) is 10.6. The van der Waals surface area contributed by atoms with Crippen molar-refractivity contribution in [3.05, 3.63) is 65.9 Å². The predicted octanol–water partition coefficient (Wildman–Crippen LogP) is 3.58. The van der Waals surface area contributed by atoms with Gasteiger partial charge in [0.2, 0.25) is 11.8 Å². The van der Waals surface area contributed by atoms with E-state index in [4.69, 9.17) is 0 Å². The normalized spacial score (nSPS) is 10.7. The topological polar surface area (TPSA) is 83.4 Å². The Morgan fingerprint density at radius 1 is 1.00 bits per heavy atom. The average molecular weight is 435 g/mol. The molecule has 1 heterocycles. The van der Waals surface area contributed by atoms with E-state index in [1.807, 2.05) is 74.0 Å². The third-order valence-electron chi connectivity index (χ3n) is 5.50. The van der Waals surface area contributed by atoms with Crippen molar-refractivity contribution in [1.82, 2.24) is 14.8 Å². The van der Waals surface area contributed by atoms with Crippen LogP contribution in [0.25, 0.3) is 10.9 Å². The van der Waals surface area contributed by atoms with Crippen molar-refractivity contribution in [3.8, 4) is 0 Å². The molecule has 32 heavy (non-hydrogen) atoms. The molecule has 0 fully saturated rings. The molecule has 2 aromatic carbocycles. The molecule has 0 radical (unpaired) electrons. The number of carbonyl (C=O) groups is 3. The summed E-state index contributed by atoms with van der Waals surface area (Å²) in [6, 6.07) is 14.9. The Balaban J connectivity index is 1.55. The van der Waals surface area contributed by atoms with Crippen molar-refractivity contribution >= 4 is 34.3 Å². The van der Waals surface area contributed by atoms with E-state index in [0.29, 0.717) is 24.3 Å². The van der Waals surface area contributed by atoms with Gasteiger partial charge in [-0.15, -0.1) is 0 Å². The van der Waals surface area contributed by atoms with Crippen molar-refractivity contribution in [3.63, 3.8) is 0 Å². The lowest BCUT2D eigenvalue weighted by Gasteiger charge is -2.19. The molecule has 3 rings (SSSR count). The Kier molecular flexibility index (Phi) is 7.65. The highest BCUT2D eigenvalue weighted by atomic mass is 16.2. The summed E-state index contributed by atoms with van der Waals surface area (Å²) in [7, 11) is 0.